The van der Waals surface area contributed by atoms with Crippen molar-refractivity contribution in [3.63, 3.8) is 0 Å². The molecule has 2 atom stereocenters. The van der Waals surface area contributed by atoms with Gasteiger partial charge in [0.05, 0.1) is 5.69 Å². The van der Waals surface area contributed by atoms with Crippen LogP contribution in [0.15, 0.2) is 18.2 Å². The van der Waals surface area contributed by atoms with Gasteiger partial charge in [0.2, 0.25) is 0 Å². The van der Waals surface area contributed by atoms with Gasteiger partial charge in [-0.05, 0) is 32.0 Å². The standard InChI is InChI=1S/C16H23N3O2.ClH/c1-19-9-11-5-3-6-12(10-19)16(11,21-2)14-8-4-7-13(18-14)15(17)20;/h4,7-8,11-12H,3,5-6,9-10H2,1-2H3,(H2,17,20);1H. The summed E-state index contributed by atoms with van der Waals surface area (Å²) in [7, 11) is 3.94. The average molecular weight is 326 g/mol. The number of methoxy groups -OCH3 is 1. The molecule has 0 aromatic carbocycles. The van der Waals surface area contributed by atoms with Gasteiger partial charge in [0.1, 0.15) is 11.3 Å². The number of nitrogens with two attached hydrogens (primary N) is 1. The van der Waals surface area contributed by atoms with E-state index < -0.39 is 5.91 Å². The van der Waals surface area contributed by atoms with E-state index in [4.69, 9.17) is 10.5 Å². The van der Waals surface area contributed by atoms with Gasteiger partial charge in [-0.25, -0.2) is 4.98 Å². The van der Waals surface area contributed by atoms with Crippen LogP contribution in [-0.4, -0.2) is 43.0 Å². The first kappa shape index (κ1) is 17.2. The number of likely N-dealkylation sites (tertiary alicyclic amines) is 1. The van der Waals surface area contributed by atoms with Crippen LogP contribution in [0.25, 0.3) is 0 Å². The van der Waals surface area contributed by atoms with E-state index in [1.807, 2.05) is 12.1 Å². The number of fused-ring (bicyclic) bond motifs is 2. The van der Waals surface area contributed by atoms with Crippen LogP contribution in [0.5, 0.6) is 0 Å². The van der Waals surface area contributed by atoms with E-state index in [0.29, 0.717) is 17.5 Å². The first-order valence-corrected chi connectivity index (χ1v) is 7.59. The summed E-state index contributed by atoms with van der Waals surface area (Å²) in [6.45, 7) is 2.01. The van der Waals surface area contributed by atoms with Gasteiger partial charge in [-0.2, -0.15) is 0 Å². The smallest absolute Gasteiger partial charge is 0.267 e. The van der Waals surface area contributed by atoms with Gasteiger partial charge in [0, 0.05) is 32.0 Å². The third-order valence-electron chi connectivity index (χ3n) is 5.12. The number of aromatic nitrogens is 1. The van der Waals surface area contributed by atoms with Gasteiger partial charge in [0.15, 0.2) is 0 Å². The molecule has 2 fully saturated rings. The lowest BCUT2D eigenvalue weighted by Gasteiger charge is -2.54. The molecular weight excluding hydrogens is 302 g/mol. The van der Waals surface area contributed by atoms with E-state index >= 15 is 0 Å². The Hall–Kier alpha value is -1.17. The van der Waals surface area contributed by atoms with Crippen molar-refractivity contribution in [1.29, 1.82) is 0 Å². The fourth-order valence-corrected chi connectivity index (χ4v) is 4.30. The third-order valence-corrected chi connectivity index (χ3v) is 5.12. The molecule has 2 heterocycles. The number of hydrogen-bond acceptors (Lipinski definition) is 4. The van der Waals surface area contributed by atoms with E-state index in [-0.39, 0.29) is 18.0 Å². The molecule has 1 amide bonds. The summed E-state index contributed by atoms with van der Waals surface area (Å²) in [6.07, 6.45) is 3.51. The molecule has 22 heavy (non-hydrogen) atoms. The number of nitrogens with zero attached hydrogens (tertiary/aromatic N) is 2. The van der Waals surface area contributed by atoms with Crippen LogP contribution < -0.4 is 5.73 Å². The minimum Gasteiger partial charge on any atom is -0.371 e. The van der Waals surface area contributed by atoms with Gasteiger partial charge < -0.3 is 15.4 Å². The first-order chi connectivity index (χ1) is 10.1. The molecule has 1 aromatic heterocycles. The van der Waals surface area contributed by atoms with Gasteiger partial charge in [0.25, 0.3) is 5.91 Å². The molecule has 2 unspecified atom stereocenters. The predicted octanol–water partition coefficient (Wildman–Crippen LogP) is 1.81. The molecule has 2 bridgehead atoms. The number of pyridine rings is 1. The van der Waals surface area contributed by atoms with Crippen LogP contribution in [0.4, 0.5) is 0 Å². The lowest BCUT2D eigenvalue weighted by atomic mass is 9.63. The van der Waals surface area contributed by atoms with Gasteiger partial charge in [-0.15, -0.1) is 12.4 Å². The zero-order chi connectivity index (χ0) is 15.0. The summed E-state index contributed by atoms with van der Waals surface area (Å²) < 4.78 is 6.07. The zero-order valence-corrected chi connectivity index (χ0v) is 13.9. The van der Waals surface area contributed by atoms with Crippen molar-refractivity contribution in [3.8, 4) is 0 Å². The quantitative estimate of drug-likeness (QED) is 0.920. The molecule has 1 aromatic rings. The number of hydrogen-bond donors (Lipinski definition) is 1. The molecule has 1 aliphatic heterocycles. The molecule has 1 aliphatic carbocycles. The maximum absolute atomic E-state index is 11.4. The number of carbonyl (C=O) groups is 1. The third kappa shape index (κ3) is 2.62. The largest absolute Gasteiger partial charge is 0.371 e. The Bertz CT molecular complexity index is 538. The molecule has 2 aliphatic rings. The number of primary amides is 1. The molecule has 5 nitrogen and oxygen atoms in total. The van der Waals surface area contributed by atoms with Crippen LogP contribution in [0.2, 0.25) is 0 Å². The van der Waals surface area contributed by atoms with Crippen LogP contribution in [0.1, 0.15) is 35.4 Å². The van der Waals surface area contributed by atoms with Crippen molar-refractivity contribution in [3.05, 3.63) is 29.6 Å². The fraction of sp³-hybridized carbons (Fsp3) is 0.625. The predicted molar refractivity (Wildman–Crippen MR) is 87.0 cm³/mol. The number of amides is 1. The maximum Gasteiger partial charge on any atom is 0.267 e. The highest BCUT2D eigenvalue weighted by atomic mass is 35.5. The SMILES string of the molecule is COC1(c2cccc(C(N)=O)n2)C2CCCC1CN(C)C2.Cl. The lowest BCUT2D eigenvalue weighted by molar-refractivity contribution is -0.168. The summed E-state index contributed by atoms with van der Waals surface area (Å²) in [4.78, 5) is 18.3. The minimum absolute atomic E-state index is 0. The molecule has 122 valence electrons. The number of rotatable bonds is 3. The highest BCUT2D eigenvalue weighted by molar-refractivity contribution is 5.90. The fourth-order valence-electron chi connectivity index (χ4n) is 4.30. The Morgan fingerprint density at radius 3 is 2.55 bits per heavy atom. The molecule has 3 rings (SSSR count). The van der Waals surface area contributed by atoms with E-state index in [9.17, 15) is 4.79 Å². The Morgan fingerprint density at radius 1 is 1.36 bits per heavy atom. The van der Waals surface area contributed by atoms with Crippen LogP contribution in [-0.2, 0) is 10.3 Å². The molecule has 1 saturated carbocycles. The van der Waals surface area contributed by atoms with Gasteiger partial charge >= 0.3 is 0 Å². The summed E-state index contributed by atoms with van der Waals surface area (Å²) >= 11 is 0. The monoisotopic (exact) mass is 325 g/mol. The lowest BCUT2D eigenvalue weighted by Crippen LogP contribution is -2.58. The van der Waals surface area contributed by atoms with E-state index in [1.165, 1.54) is 6.42 Å². The van der Waals surface area contributed by atoms with Crippen molar-refractivity contribution in [2.45, 2.75) is 24.9 Å². The summed E-state index contributed by atoms with van der Waals surface area (Å²) in [5.74, 6) is 0.340. The topological polar surface area (TPSA) is 68.5 Å². The van der Waals surface area contributed by atoms with Crippen molar-refractivity contribution in [1.82, 2.24) is 9.88 Å². The van der Waals surface area contributed by atoms with E-state index in [2.05, 4.69) is 16.9 Å². The van der Waals surface area contributed by atoms with Gasteiger partial charge in [-0.3, -0.25) is 4.79 Å². The molecular formula is C16H24ClN3O2. The van der Waals surface area contributed by atoms with Crippen molar-refractivity contribution < 1.29 is 9.53 Å². The molecule has 0 radical (unpaired) electrons. The molecule has 6 heteroatoms. The second-order valence-electron chi connectivity index (χ2n) is 6.32. The number of piperidine rings is 1. The van der Waals surface area contributed by atoms with Crippen LogP contribution >= 0.6 is 12.4 Å². The summed E-state index contributed by atoms with van der Waals surface area (Å²) in [5.41, 5.74) is 6.19. The van der Waals surface area contributed by atoms with Crippen LogP contribution in [0.3, 0.4) is 0 Å². The first-order valence-electron chi connectivity index (χ1n) is 7.59. The Labute approximate surface area is 137 Å². The van der Waals surface area contributed by atoms with Crippen molar-refractivity contribution in [2.75, 3.05) is 27.2 Å². The number of ether oxygens (including phenoxy) is 1. The van der Waals surface area contributed by atoms with Crippen molar-refractivity contribution in [2.24, 2.45) is 17.6 Å². The Kier molecular flexibility index (Phi) is 5.10. The van der Waals surface area contributed by atoms with Crippen LogP contribution in [0, 0.1) is 11.8 Å². The number of carbonyl (C=O) groups excluding carboxylic acids is 1. The minimum atomic E-state index is -0.485. The van der Waals surface area contributed by atoms with Gasteiger partial charge in [-0.1, -0.05) is 12.5 Å². The Morgan fingerprint density at radius 2 is 2.00 bits per heavy atom. The summed E-state index contributed by atoms with van der Waals surface area (Å²) in [6, 6.07) is 5.50. The second-order valence-corrected chi connectivity index (χ2v) is 6.32. The average Bonchev–Trinajstić information content (AvgIpc) is 2.46. The molecule has 0 spiro atoms. The second kappa shape index (κ2) is 6.52. The van der Waals surface area contributed by atoms with Crippen molar-refractivity contribution >= 4 is 18.3 Å². The highest BCUT2D eigenvalue weighted by Crippen LogP contribution is 2.50. The Balaban J connectivity index is 0.00000176. The summed E-state index contributed by atoms with van der Waals surface area (Å²) in [5, 5.41) is 0. The van der Waals surface area contributed by atoms with E-state index in [0.717, 1.165) is 31.6 Å². The molecule has 2 N–H and O–H groups in total. The maximum atomic E-state index is 11.4. The number of halogens is 1. The normalized spacial score (nSPS) is 31.4. The highest BCUT2D eigenvalue weighted by Gasteiger charge is 2.53. The zero-order valence-electron chi connectivity index (χ0n) is 13.1. The molecule has 1 saturated heterocycles. The van der Waals surface area contributed by atoms with E-state index in [1.54, 1.807) is 13.2 Å².